The second-order valence-corrected chi connectivity index (χ2v) is 6.42. The first-order chi connectivity index (χ1) is 12.6. The zero-order valence-electron chi connectivity index (χ0n) is 14.7. The molecule has 0 atom stereocenters. The summed E-state index contributed by atoms with van der Waals surface area (Å²) in [6, 6.07) is 15.6. The third-order valence-electron chi connectivity index (χ3n) is 4.37. The molecule has 0 bridgehead atoms. The Kier molecular flexibility index (Phi) is 4.05. The van der Waals surface area contributed by atoms with Crippen molar-refractivity contribution in [3.05, 3.63) is 77.8 Å². The number of carbonyl (C=O) groups is 1. The number of fused-ring (bicyclic) bond motifs is 1. The fourth-order valence-electron chi connectivity index (χ4n) is 3.06. The van der Waals surface area contributed by atoms with E-state index < -0.39 is 0 Å². The Labute approximate surface area is 151 Å². The Balaban J connectivity index is 1.52. The minimum atomic E-state index is -0.0809. The van der Waals surface area contributed by atoms with Crippen LogP contribution in [0.1, 0.15) is 16.8 Å². The minimum Gasteiger partial charge on any atom is -0.464 e. The van der Waals surface area contributed by atoms with E-state index in [2.05, 4.69) is 10.4 Å². The smallest absolute Gasteiger partial charge is 0.228 e. The lowest BCUT2D eigenvalue weighted by Gasteiger charge is -2.08. The van der Waals surface area contributed by atoms with E-state index in [4.69, 9.17) is 4.42 Å². The number of amides is 1. The van der Waals surface area contributed by atoms with Gasteiger partial charge in [0.15, 0.2) is 0 Å². The molecule has 1 N–H and O–H groups in total. The first kappa shape index (κ1) is 16.1. The zero-order valence-corrected chi connectivity index (χ0v) is 14.7. The molecule has 0 unspecified atom stereocenters. The molecule has 1 amide bonds. The van der Waals surface area contributed by atoms with E-state index in [9.17, 15) is 4.79 Å². The number of furan rings is 1. The molecule has 0 fully saturated rings. The van der Waals surface area contributed by atoms with Gasteiger partial charge < -0.3 is 9.73 Å². The van der Waals surface area contributed by atoms with E-state index in [1.54, 1.807) is 12.5 Å². The first-order valence-electron chi connectivity index (χ1n) is 8.48. The van der Waals surface area contributed by atoms with Gasteiger partial charge in [0.05, 0.1) is 18.4 Å². The van der Waals surface area contributed by atoms with E-state index in [0.717, 1.165) is 39.2 Å². The molecule has 0 spiro atoms. The topological polar surface area (TPSA) is 60.1 Å². The molecule has 0 aliphatic carbocycles. The van der Waals surface area contributed by atoms with E-state index in [1.807, 2.05) is 67.1 Å². The summed E-state index contributed by atoms with van der Waals surface area (Å²) in [5.74, 6) is -0.0809. The minimum absolute atomic E-state index is 0.0809. The molecule has 0 saturated carbocycles. The van der Waals surface area contributed by atoms with Crippen molar-refractivity contribution in [2.24, 2.45) is 0 Å². The Bertz CT molecular complexity index is 1090. The van der Waals surface area contributed by atoms with Crippen molar-refractivity contribution in [1.82, 2.24) is 9.78 Å². The van der Waals surface area contributed by atoms with Gasteiger partial charge in [0.25, 0.3) is 0 Å². The molecule has 130 valence electrons. The van der Waals surface area contributed by atoms with Gasteiger partial charge in [0.1, 0.15) is 5.58 Å². The van der Waals surface area contributed by atoms with Gasteiger partial charge >= 0.3 is 0 Å². The van der Waals surface area contributed by atoms with Crippen LogP contribution in [0.15, 0.2) is 65.4 Å². The fraction of sp³-hybridized carbons (Fsp3) is 0.143. The SMILES string of the molecule is Cc1ccc2c(CC(=O)Nc3cccc(-n4nccc4C)c3)coc2c1. The van der Waals surface area contributed by atoms with Crippen LogP contribution in [0.25, 0.3) is 16.7 Å². The van der Waals surface area contributed by atoms with Crippen molar-refractivity contribution >= 4 is 22.6 Å². The lowest BCUT2D eigenvalue weighted by Crippen LogP contribution is -2.14. The molecule has 5 nitrogen and oxygen atoms in total. The summed E-state index contributed by atoms with van der Waals surface area (Å²) in [7, 11) is 0. The molecule has 2 heterocycles. The van der Waals surface area contributed by atoms with Crippen molar-refractivity contribution in [3.8, 4) is 5.69 Å². The molecule has 5 heteroatoms. The van der Waals surface area contributed by atoms with Crippen molar-refractivity contribution in [1.29, 1.82) is 0 Å². The molecular weight excluding hydrogens is 326 g/mol. The van der Waals surface area contributed by atoms with E-state index in [-0.39, 0.29) is 12.3 Å². The summed E-state index contributed by atoms with van der Waals surface area (Å²) in [5.41, 5.74) is 5.52. The summed E-state index contributed by atoms with van der Waals surface area (Å²) in [5, 5.41) is 8.23. The number of nitrogens with one attached hydrogen (secondary N) is 1. The fourth-order valence-corrected chi connectivity index (χ4v) is 3.06. The predicted octanol–water partition coefficient (Wildman–Crippen LogP) is 4.42. The Morgan fingerprint density at radius 1 is 1.15 bits per heavy atom. The maximum atomic E-state index is 12.5. The summed E-state index contributed by atoms with van der Waals surface area (Å²) >= 11 is 0. The molecule has 4 rings (SSSR count). The van der Waals surface area contributed by atoms with E-state index in [0.29, 0.717) is 0 Å². The Morgan fingerprint density at radius 2 is 2.04 bits per heavy atom. The normalized spacial score (nSPS) is 11.0. The third-order valence-corrected chi connectivity index (χ3v) is 4.37. The number of hydrogen-bond acceptors (Lipinski definition) is 3. The highest BCUT2D eigenvalue weighted by Gasteiger charge is 2.11. The van der Waals surface area contributed by atoms with Crippen LogP contribution in [-0.4, -0.2) is 15.7 Å². The monoisotopic (exact) mass is 345 g/mol. The highest BCUT2D eigenvalue weighted by atomic mass is 16.3. The predicted molar refractivity (Wildman–Crippen MR) is 102 cm³/mol. The van der Waals surface area contributed by atoms with Crippen molar-refractivity contribution in [2.75, 3.05) is 5.32 Å². The maximum absolute atomic E-state index is 12.5. The van der Waals surface area contributed by atoms with Crippen molar-refractivity contribution in [2.45, 2.75) is 20.3 Å². The van der Waals surface area contributed by atoms with Gasteiger partial charge in [-0.2, -0.15) is 5.10 Å². The number of hydrogen-bond donors (Lipinski definition) is 1. The number of aromatic nitrogens is 2. The van der Waals surface area contributed by atoms with Crippen LogP contribution in [-0.2, 0) is 11.2 Å². The Morgan fingerprint density at radius 3 is 2.85 bits per heavy atom. The molecule has 0 radical (unpaired) electrons. The van der Waals surface area contributed by atoms with E-state index >= 15 is 0 Å². The third kappa shape index (κ3) is 3.11. The maximum Gasteiger partial charge on any atom is 0.228 e. The summed E-state index contributed by atoms with van der Waals surface area (Å²) < 4.78 is 7.41. The highest BCUT2D eigenvalue weighted by Crippen LogP contribution is 2.23. The number of rotatable bonds is 4. The van der Waals surface area contributed by atoms with Gasteiger partial charge in [0.2, 0.25) is 5.91 Å². The quantitative estimate of drug-likeness (QED) is 0.596. The van der Waals surface area contributed by atoms with Crippen LogP contribution in [0.2, 0.25) is 0 Å². The average molecular weight is 345 g/mol. The van der Waals surface area contributed by atoms with E-state index in [1.165, 1.54) is 0 Å². The summed E-state index contributed by atoms with van der Waals surface area (Å²) in [6.45, 7) is 4.01. The average Bonchev–Trinajstić information content (AvgIpc) is 3.21. The number of carbonyl (C=O) groups excluding carboxylic acids is 1. The van der Waals surface area contributed by atoms with Crippen LogP contribution in [0, 0.1) is 13.8 Å². The van der Waals surface area contributed by atoms with Crippen LogP contribution in [0.5, 0.6) is 0 Å². The largest absolute Gasteiger partial charge is 0.464 e. The van der Waals surface area contributed by atoms with Crippen molar-refractivity contribution < 1.29 is 9.21 Å². The molecule has 4 aromatic rings. The van der Waals surface area contributed by atoms with Crippen LogP contribution >= 0.6 is 0 Å². The standard InChI is InChI=1S/C21H19N3O2/c1-14-6-7-19-16(13-26-20(19)10-14)11-21(25)23-17-4-3-5-18(12-17)24-15(2)8-9-22-24/h3-10,12-13H,11H2,1-2H3,(H,23,25). The van der Waals surface area contributed by atoms with Gasteiger partial charge in [-0.3, -0.25) is 4.79 Å². The lowest BCUT2D eigenvalue weighted by atomic mass is 10.1. The van der Waals surface area contributed by atoms with Crippen LogP contribution < -0.4 is 5.32 Å². The zero-order chi connectivity index (χ0) is 18.1. The Hall–Kier alpha value is -3.34. The number of anilines is 1. The van der Waals surface area contributed by atoms with Crippen LogP contribution in [0.3, 0.4) is 0 Å². The van der Waals surface area contributed by atoms with Crippen LogP contribution in [0.4, 0.5) is 5.69 Å². The lowest BCUT2D eigenvalue weighted by molar-refractivity contribution is -0.115. The summed E-state index contributed by atoms with van der Waals surface area (Å²) in [6.07, 6.45) is 3.68. The van der Waals surface area contributed by atoms with Gasteiger partial charge in [0, 0.05) is 28.5 Å². The molecule has 2 aromatic heterocycles. The first-order valence-corrected chi connectivity index (χ1v) is 8.48. The number of aryl methyl sites for hydroxylation is 2. The van der Waals surface area contributed by atoms with Gasteiger partial charge in [-0.25, -0.2) is 4.68 Å². The molecule has 0 aliphatic rings. The number of nitrogens with zero attached hydrogens (tertiary/aromatic N) is 2. The highest BCUT2D eigenvalue weighted by molar-refractivity contribution is 5.95. The van der Waals surface area contributed by atoms with Gasteiger partial charge in [-0.15, -0.1) is 0 Å². The molecule has 0 saturated heterocycles. The molecule has 0 aliphatic heterocycles. The second kappa shape index (κ2) is 6.52. The molecule has 2 aromatic carbocycles. The number of benzene rings is 2. The van der Waals surface area contributed by atoms with Crippen molar-refractivity contribution in [3.63, 3.8) is 0 Å². The molecular formula is C21H19N3O2. The summed E-state index contributed by atoms with van der Waals surface area (Å²) in [4.78, 5) is 12.5. The molecule has 26 heavy (non-hydrogen) atoms. The second-order valence-electron chi connectivity index (χ2n) is 6.42. The van der Waals surface area contributed by atoms with Gasteiger partial charge in [-0.05, 0) is 49.7 Å². The van der Waals surface area contributed by atoms with Gasteiger partial charge in [-0.1, -0.05) is 18.2 Å².